The summed E-state index contributed by atoms with van der Waals surface area (Å²) in [6.45, 7) is 0. The largest absolute Gasteiger partial charge is 0.419 e. The highest BCUT2D eigenvalue weighted by molar-refractivity contribution is 7.89. The van der Waals surface area contributed by atoms with E-state index in [4.69, 9.17) is 5.73 Å². The lowest BCUT2D eigenvalue weighted by Crippen LogP contribution is -2.40. The first kappa shape index (κ1) is 26.2. The average Bonchev–Trinajstić information content (AvgIpc) is 3.40. The number of aromatic nitrogens is 4. The molecular formula is C22H20F5N7O2S2. The molecule has 1 aromatic carbocycles. The Labute approximate surface area is 217 Å². The van der Waals surface area contributed by atoms with Gasteiger partial charge < -0.3 is 11.1 Å². The zero-order valence-corrected chi connectivity index (χ0v) is 21.0. The summed E-state index contributed by atoms with van der Waals surface area (Å²) < 4.78 is 95.8. The number of sulfonamides is 1. The van der Waals surface area contributed by atoms with Crippen LogP contribution in [0.3, 0.4) is 0 Å². The van der Waals surface area contributed by atoms with Crippen LogP contribution in [0, 0.1) is 11.6 Å². The minimum Gasteiger partial charge on any atom is -0.383 e. The van der Waals surface area contributed by atoms with Crippen molar-refractivity contribution in [1.82, 2.24) is 24.3 Å². The second kappa shape index (κ2) is 9.74. The van der Waals surface area contributed by atoms with Crippen LogP contribution in [0.15, 0.2) is 41.6 Å². The fourth-order valence-electron chi connectivity index (χ4n) is 4.30. The van der Waals surface area contributed by atoms with E-state index in [2.05, 4.69) is 25.1 Å². The Kier molecular flexibility index (Phi) is 6.73. The highest BCUT2D eigenvalue weighted by atomic mass is 32.2. The molecule has 1 aliphatic rings. The van der Waals surface area contributed by atoms with E-state index < -0.39 is 50.2 Å². The van der Waals surface area contributed by atoms with Gasteiger partial charge in [-0.15, -0.1) is 5.10 Å². The number of nitrogens with two attached hydrogens (primary N) is 1. The van der Waals surface area contributed by atoms with Crippen LogP contribution in [-0.4, -0.2) is 40.1 Å². The Balaban J connectivity index is 1.24. The summed E-state index contributed by atoms with van der Waals surface area (Å²) in [6, 6.07) is 2.71. The van der Waals surface area contributed by atoms with Crippen molar-refractivity contribution in [2.75, 3.05) is 11.1 Å². The number of fused-ring (bicyclic) bond motifs is 1. The number of benzene rings is 1. The van der Waals surface area contributed by atoms with Crippen LogP contribution in [0.4, 0.5) is 32.9 Å². The molecule has 1 saturated carbocycles. The molecule has 0 unspecified atom stereocenters. The molecule has 0 spiro atoms. The van der Waals surface area contributed by atoms with Crippen molar-refractivity contribution >= 4 is 37.3 Å². The number of hydrogen-bond acceptors (Lipinski definition) is 8. The summed E-state index contributed by atoms with van der Waals surface area (Å²) in [5.41, 5.74) is 4.81. The van der Waals surface area contributed by atoms with E-state index in [0.717, 1.165) is 18.2 Å². The second-order valence-corrected chi connectivity index (χ2v) is 11.4. The number of rotatable bonds is 6. The van der Waals surface area contributed by atoms with Crippen molar-refractivity contribution in [3.63, 3.8) is 0 Å². The number of pyridine rings is 1. The van der Waals surface area contributed by atoms with Gasteiger partial charge in [0, 0.05) is 29.9 Å². The van der Waals surface area contributed by atoms with Crippen LogP contribution in [0.25, 0.3) is 16.2 Å². The van der Waals surface area contributed by atoms with Gasteiger partial charge in [0.1, 0.15) is 22.3 Å². The van der Waals surface area contributed by atoms with Crippen molar-refractivity contribution in [1.29, 1.82) is 0 Å². The maximum Gasteiger partial charge on any atom is 0.419 e. The van der Waals surface area contributed by atoms with E-state index in [9.17, 15) is 30.4 Å². The average molecular weight is 574 g/mol. The second-order valence-electron chi connectivity index (χ2n) is 8.79. The minimum atomic E-state index is -4.66. The molecule has 1 fully saturated rings. The van der Waals surface area contributed by atoms with Gasteiger partial charge in [0.25, 0.3) is 0 Å². The molecule has 4 aromatic rings. The number of nitrogens with one attached hydrogen (secondary N) is 2. The van der Waals surface area contributed by atoms with Gasteiger partial charge in [-0.05, 0) is 43.9 Å². The van der Waals surface area contributed by atoms with Crippen LogP contribution in [0.2, 0.25) is 0 Å². The first-order chi connectivity index (χ1) is 17.9. The maximum absolute atomic E-state index is 14.0. The van der Waals surface area contributed by atoms with Gasteiger partial charge in [0.05, 0.1) is 17.5 Å². The number of anilines is 2. The molecule has 0 atom stereocenters. The topological polar surface area (TPSA) is 127 Å². The Morgan fingerprint density at radius 3 is 2.42 bits per heavy atom. The molecule has 4 N–H and O–H groups in total. The van der Waals surface area contributed by atoms with E-state index in [1.165, 1.54) is 28.2 Å². The zero-order valence-electron chi connectivity index (χ0n) is 19.3. The number of hydrogen-bond donors (Lipinski definition) is 3. The van der Waals surface area contributed by atoms with Gasteiger partial charge in [-0.1, -0.05) is 11.3 Å². The molecule has 3 aromatic heterocycles. The quantitative estimate of drug-likeness (QED) is 0.291. The Bertz CT molecular complexity index is 1600. The third-order valence-corrected chi connectivity index (χ3v) is 8.57. The number of nitrogen functional groups attached to an aromatic ring is 1. The fourth-order valence-corrected chi connectivity index (χ4v) is 6.51. The summed E-state index contributed by atoms with van der Waals surface area (Å²) in [5, 5.41) is 8.18. The molecular weight excluding hydrogens is 553 g/mol. The summed E-state index contributed by atoms with van der Waals surface area (Å²) in [5.74, 6) is -2.65. The molecule has 38 heavy (non-hydrogen) atoms. The zero-order chi connectivity index (χ0) is 27.2. The molecule has 0 radical (unpaired) electrons. The number of alkyl halides is 3. The van der Waals surface area contributed by atoms with Gasteiger partial charge in [0.15, 0.2) is 0 Å². The summed E-state index contributed by atoms with van der Waals surface area (Å²) >= 11 is 1.21. The van der Waals surface area contributed by atoms with Crippen molar-refractivity contribution < 1.29 is 30.4 Å². The lowest BCUT2D eigenvalue weighted by molar-refractivity contribution is -0.137. The molecule has 5 rings (SSSR count). The number of imidazole rings is 1. The van der Waals surface area contributed by atoms with Gasteiger partial charge >= 0.3 is 6.18 Å². The highest BCUT2D eigenvalue weighted by Crippen LogP contribution is 2.36. The van der Waals surface area contributed by atoms with Gasteiger partial charge in [-0.25, -0.2) is 36.4 Å². The normalized spacial score (nSPS) is 18.7. The first-order valence-electron chi connectivity index (χ1n) is 11.3. The monoisotopic (exact) mass is 573 g/mol. The molecule has 202 valence electrons. The number of halogens is 5. The van der Waals surface area contributed by atoms with Crippen molar-refractivity contribution in [2.45, 2.75) is 48.8 Å². The van der Waals surface area contributed by atoms with Gasteiger partial charge in [-0.2, -0.15) is 13.2 Å². The van der Waals surface area contributed by atoms with Crippen LogP contribution in [0.1, 0.15) is 31.2 Å². The molecule has 0 saturated heterocycles. The van der Waals surface area contributed by atoms with E-state index in [0.29, 0.717) is 47.5 Å². The van der Waals surface area contributed by atoms with Crippen molar-refractivity contribution in [3.8, 4) is 11.3 Å². The molecule has 0 aliphatic heterocycles. The van der Waals surface area contributed by atoms with E-state index in [1.807, 2.05) is 0 Å². The minimum absolute atomic E-state index is 0.0485. The SMILES string of the molecule is Nc1ncc(-c2cnc3sc(NC4CCC(NS(=O)(=O)c5ccc(F)cc5F)CC4)nn23)cc1C(F)(F)F. The molecule has 3 heterocycles. The van der Waals surface area contributed by atoms with Crippen LogP contribution in [-0.2, 0) is 16.2 Å². The number of nitrogens with zero attached hydrogens (tertiary/aromatic N) is 4. The Morgan fingerprint density at radius 1 is 1.03 bits per heavy atom. The maximum atomic E-state index is 14.0. The molecule has 1 aliphatic carbocycles. The Morgan fingerprint density at radius 2 is 1.74 bits per heavy atom. The molecule has 9 nitrogen and oxygen atoms in total. The van der Waals surface area contributed by atoms with Crippen LogP contribution in [0.5, 0.6) is 0 Å². The van der Waals surface area contributed by atoms with Crippen LogP contribution < -0.4 is 15.8 Å². The lowest BCUT2D eigenvalue weighted by Gasteiger charge is -2.29. The van der Waals surface area contributed by atoms with E-state index in [-0.39, 0.29) is 11.6 Å². The molecule has 0 bridgehead atoms. The van der Waals surface area contributed by atoms with Gasteiger partial charge in [-0.3, -0.25) is 0 Å². The van der Waals surface area contributed by atoms with E-state index in [1.54, 1.807) is 0 Å². The summed E-state index contributed by atoms with van der Waals surface area (Å²) in [7, 11) is -4.16. The van der Waals surface area contributed by atoms with E-state index >= 15 is 0 Å². The third-order valence-electron chi connectivity index (χ3n) is 6.17. The highest BCUT2D eigenvalue weighted by Gasteiger charge is 2.34. The summed E-state index contributed by atoms with van der Waals surface area (Å²) in [6.07, 6.45) is 0.0364. The first-order valence-corrected chi connectivity index (χ1v) is 13.6. The summed E-state index contributed by atoms with van der Waals surface area (Å²) in [4.78, 5) is 7.73. The standard InChI is InChI=1S/C22H20F5N7O2S2/c23-12-1-6-18(16(24)8-12)38(35,36)33-14-4-2-13(3-5-14)31-20-32-34-17(10-30-21(34)37-20)11-7-15(22(25,26)27)19(28)29-9-11/h1,6-10,13-14,33H,2-5H2,(H2,28,29)(H,31,32). The third kappa shape index (κ3) is 5.28. The van der Waals surface area contributed by atoms with Crippen molar-refractivity contribution in [2.24, 2.45) is 0 Å². The predicted molar refractivity (Wildman–Crippen MR) is 130 cm³/mol. The Hall–Kier alpha value is -3.37. The van der Waals surface area contributed by atoms with Crippen molar-refractivity contribution in [3.05, 3.63) is 53.9 Å². The fraction of sp³-hybridized carbons (Fsp3) is 0.318. The molecule has 0 amide bonds. The molecule has 16 heteroatoms. The predicted octanol–water partition coefficient (Wildman–Crippen LogP) is 4.43. The lowest BCUT2D eigenvalue weighted by atomic mass is 9.92. The van der Waals surface area contributed by atoms with Gasteiger partial charge in [0.2, 0.25) is 20.1 Å². The smallest absolute Gasteiger partial charge is 0.383 e. The van der Waals surface area contributed by atoms with Crippen LogP contribution >= 0.6 is 11.3 Å².